The lowest BCUT2D eigenvalue weighted by molar-refractivity contribution is 0.691. The van der Waals surface area contributed by atoms with Crippen molar-refractivity contribution in [3.63, 3.8) is 0 Å². The predicted octanol–water partition coefficient (Wildman–Crippen LogP) is 2.88. The Morgan fingerprint density at radius 3 is 2.75 bits per heavy atom. The highest BCUT2D eigenvalue weighted by molar-refractivity contribution is 5.39. The zero-order valence-corrected chi connectivity index (χ0v) is 12.3. The van der Waals surface area contributed by atoms with Gasteiger partial charge >= 0.3 is 0 Å². The van der Waals surface area contributed by atoms with Gasteiger partial charge in [0, 0.05) is 11.7 Å². The number of hydrogen-bond acceptors (Lipinski definition) is 4. The number of nitrogens with one attached hydrogen (secondary N) is 1. The summed E-state index contributed by atoms with van der Waals surface area (Å²) in [7, 11) is 0. The Morgan fingerprint density at radius 1 is 1.30 bits per heavy atom. The first-order valence-electron chi connectivity index (χ1n) is 7.31. The fraction of sp³-hybridized carbons (Fsp3) is 0.533. The van der Waals surface area contributed by atoms with Gasteiger partial charge in [-0.15, -0.1) is 10.2 Å². The van der Waals surface area contributed by atoms with Crippen molar-refractivity contribution >= 4 is 5.82 Å². The van der Waals surface area contributed by atoms with Crippen molar-refractivity contribution in [3.05, 3.63) is 29.6 Å². The Labute approximate surface area is 119 Å². The average molecular weight is 271 g/mol. The summed E-state index contributed by atoms with van der Waals surface area (Å²) >= 11 is 0. The summed E-state index contributed by atoms with van der Waals surface area (Å²) in [6.45, 7) is 6.24. The van der Waals surface area contributed by atoms with E-state index < -0.39 is 0 Å². The fourth-order valence-electron chi connectivity index (χ4n) is 2.68. The minimum atomic E-state index is 0.587. The third-order valence-electron chi connectivity index (χ3n) is 3.79. The Hall–Kier alpha value is -1.91. The van der Waals surface area contributed by atoms with E-state index in [-0.39, 0.29) is 0 Å². The summed E-state index contributed by atoms with van der Waals surface area (Å²) in [4.78, 5) is 0. The summed E-state index contributed by atoms with van der Waals surface area (Å²) < 4.78 is 1.82. The molecule has 0 saturated heterocycles. The molecule has 2 unspecified atom stereocenters. The SMILES string of the molecule is CCCC1CC1Nc1ccc(-n2nc(C)cc2C)nn1. The molecule has 0 aromatic carbocycles. The molecule has 0 amide bonds. The molecule has 0 spiro atoms. The van der Waals surface area contributed by atoms with Crippen molar-refractivity contribution < 1.29 is 0 Å². The largest absolute Gasteiger partial charge is 0.366 e. The maximum atomic E-state index is 4.41. The van der Waals surface area contributed by atoms with Gasteiger partial charge in [-0.2, -0.15) is 5.10 Å². The third-order valence-corrected chi connectivity index (χ3v) is 3.79. The van der Waals surface area contributed by atoms with Gasteiger partial charge in [0.05, 0.1) is 5.69 Å². The summed E-state index contributed by atoms with van der Waals surface area (Å²) in [5.41, 5.74) is 2.06. The quantitative estimate of drug-likeness (QED) is 0.908. The maximum absolute atomic E-state index is 4.41. The Morgan fingerprint density at radius 2 is 2.15 bits per heavy atom. The van der Waals surface area contributed by atoms with E-state index in [1.807, 2.05) is 36.7 Å². The van der Waals surface area contributed by atoms with Gasteiger partial charge in [0.25, 0.3) is 0 Å². The molecule has 0 aliphatic heterocycles. The smallest absolute Gasteiger partial charge is 0.176 e. The summed E-state index contributed by atoms with van der Waals surface area (Å²) in [6, 6.07) is 6.57. The summed E-state index contributed by atoms with van der Waals surface area (Å²) in [6.07, 6.45) is 3.81. The molecule has 0 radical (unpaired) electrons. The fourth-order valence-corrected chi connectivity index (χ4v) is 2.68. The van der Waals surface area contributed by atoms with Crippen molar-refractivity contribution in [2.45, 2.75) is 46.1 Å². The highest BCUT2D eigenvalue weighted by atomic mass is 15.4. The van der Waals surface area contributed by atoms with Gasteiger partial charge in [0.1, 0.15) is 5.82 Å². The molecule has 2 atom stereocenters. The number of nitrogens with zero attached hydrogens (tertiary/aromatic N) is 4. The normalized spacial score (nSPS) is 20.9. The first-order valence-corrected chi connectivity index (χ1v) is 7.31. The zero-order chi connectivity index (χ0) is 14.1. The Balaban J connectivity index is 1.68. The second kappa shape index (κ2) is 5.23. The van der Waals surface area contributed by atoms with Crippen LogP contribution in [0.1, 0.15) is 37.6 Å². The number of aromatic nitrogens is 4. The van der Waals surface area contributed by atoms with Gasteiger partial charge in [-0.25, -0.2) is 4.68 Å². The van der Waals surface area contributed by atoms with Gasteiger partial charge in [-0.3, -0.25) is 0 Å². The van der Waals surface area contributed by atoms with Crippen LogP contribution in [0.25, 0.3) is 5.82 Å². The van der Waals surface area contributed by atoms with Gasteiger partial charge < -0.3 is 5.32 Å². The Bertz CT molecular complexity index is 587. The van der Waals surface area contributed by atoms with Crippen LogP contribution in [0.5, 0.6) is 0 Å². The van der Waals surface area contributed by atoms with Crippen LogP contribution in [-0.4, -0.2) is 26.0 Å². The van der Waals surface area contributed by atoms with Crippen molar-refractivity contribution in [1.82, 2.24) is 20.0 Å². The van der Waals surface area contributed by atoms with Crippen molar-refractivity contribution in [2.75, 3.05) is 5.32 Å². The lowest BCUT2D eigenvalue weighted by atomic mass is 10.2. The van der Waals surface area contributed by atoms with Crippen molar-refractivity contribution in [1.29, 1.82) is 0 Å². The van der Waals surface area contributed by atoms with E-state index in [0.29, 0.717) is 6.04 Å². The number of anilines is 1. The highest BCUT2D eigenvalue weighted by Crippen LogP contribution is 2.36. The molecule has 2 aromatic heterocycles. The molecule has 106 valence electrons. The van der Waals surface area contributed by atoms with Crippen LogP contribution < -0.4 is 5.32 Å². The topological polar surface area (TPSA) is 55.6 Å². The van der Waals surface area contributed by atoms with E-state index in [4.69, 9.17) is 0 Å². The van der Waals surface area contributed by atoms with Crippen LogP contribution in [0.3, 0.4) is 0 Å². The lowest BCUT2D eigenvalue weighted by Gasteiger charge is -2.06. The van der Waals surface area contributed by atoms with Crippen LogP contribution in [0.4, 0.5) is 5.82 Å². The zero-order valence-electron chi connectivity index (χ0n) is 12.3. The number of rotatable bonds is 5. The van der Waals surface area contributed by atoms with Gasteiger partial charge in [-0.05, 0) is 50.8 Å². The van der Waals surface area contributed by atoms with E-state index in [1.54, 1.807) is 0 Å². The molecular formula is C15H21N5. The standard InChI is InChI=1S/C15H21N5/c1-4-5-12-9-13(12)16-14-6-7-15(18-17-14)20-11(3)8-10(2)19-20/h6-8,12-13H,4-5,9H2,1-3H3,(H,16,17). The van der Waals surface area contributed by atoms with Crippen LogP contribution in [-0.2, 0) is 0 Å². The number of aryl methyl sites for hydroxylation is 2. The third kappa shape index (κ3) is 2.66. The molecule has 0 bridgehead atoms. The molecule has 5 nitrogen and oxygen atoms in total. The molecule has 1 saturated carbocycles. The summed E-state index contributed by atoms with van der Waals surface area (Å²) in [5, 5.41) is 16.4. The van der Waals surface area contributed by atoms with E-state index in [0.717, 1.165) is 28.9 Å². The van der Waals surface area contributed by atoms with E-state index in [9.17, 15) is 0 Å². The van der Waals surface area contributed by atoms with Gasteiger partial charge in [0.15, 0.2) is 5.82 Å². The maximum Gasteiger partial charge on any atom is 0.176 e. The molecule has 1 fully saturated rings. The van der Waals surface area contributed by atoms with Crippen LogP contribution in [0.15, 0.2) is 18.2 Å². The van der Waals surface area contributed by atoms with E-state index in [2.05, 4.69) is 27.5 Å². The monoisotopic (exact) mass is 271 g/mol. The predicted molar refractivity (Wildman–Crippen MR) is 79.1 cm³/mol. The summed E-state index contributed by atoms with van der Waals surface area (Å²) in [5.74, 6) is 2.44. The first kappa shape index (κ1) is 13.1. The van der Waals surface area contributed by atoms with Gasteiger partial charge in [0.2, 0.25) is 0 Å². The van der Waals surface area contributed by atoms with Gasteiger partial charge in [-0.1, -0.05) is 13.3 Å². The molecule has 2 aromatic rings. The van der Waals surface area contributed by atoms with E-state index in [1.165, 1.54) is 19.3 Å². The molecule has 3 rings (SSSR count). The van der Waals surface area contributed by atoms with Crippen molar-refractivity contribution in [3.8, 4) is 5.82 Å². The molecule has 5 heteroatoms. The molecular weight excluding hydrogens is 250 g/mol. The average Bonchev–Trinajstić information content (AvgIpc) is 3.05. The highest BCUT2D eigenvalue weighted by Gasteiger charge is 2.36. The van der Waals surface area contributed by atoms with Crippen LogP contribution in [0, 0.1) is 19.8 Å². The first-order chi connectivity index (χ1) is 9.67. The lowest BCUT2D eigenvalue weighted by Crippen LogP contribution is -2.09. The molecule has 1 N–H and O–H groups in total. The van der Waals surface area contributed by atoms with Crippen molar-refractivity contribution in [2.24, 2.45) is 5.92 Å². The van der Waals surface area contributed by atoms with E-state index >= 15 is 0 Å². The minimum absolute atomic E-state index is 0.587. The Kier molecular flexibility index (Phi) is 3.42. The molecule has 2 heterocycles. The molecule has 1 aliphatic rings. The molecule has 20 heavy (non-hydrogen) atoms. The molecule has 1 aliphatic carbocycles. The minimum Gasteiger partial charge on any atom is -0.366 e. The second-order valence-corrected chi connectivity index (χ2v) is 5.65. The number of hydrogen-bond donors (Lipinski definition) is 1. The van der Waals surface area contributed by atoms with Crippen LogP contribution >= 0.6 is 0 Å². The van der Waals surface area contributed by atoms with Crippen LogP contribution in [0.2, 0.25) is 0 Å². The second-order valence-electron chi connectivity index (χ2n) is 5.65.